The first-order chi connectivity index (χ1) is 12.8. The molecule has 0 unspecified atom stereocenters. The smallest absolute Gasteiger partial charge is 0.239 e. The molecule has 8 heteroatoms. The van der Waals surface area contributed by atoms with Crippen LogP contribution >= 0.6 is 0 Å². The first-order valence-corrected chi connectivity index (χ1v) is 9.29. The van der Waals surface area contributed by atoms with E-state index in [9.17, 15) is 14.0 Å². The lowest BCUT2D eigenvalue weighted by atomic mass is 10.0. The number of carbonyl (C=O) groups excluding carboxylic acids is 2. The van der Waals surface area contributed by atoms with E-state index in [-0.39, 0.29) is 30.3 Å². The van der Waals surface area contributed by atoms with Gasteiger partial charge in [-0.3, -0.25) is 14.5 Å². The molecule has 2 aliphatic heterocycles. The van der Waals surface area contributed by atoms with Gasteiger partial charge in [0.05, 0.1) is 31.1 Å². The number of anilines is 2. The Balaban J connectivity index is 1.61. The minimum atomic E-state index is -0.424. The van der Waals surface area contributed by atoms with E-state index in [0.29, 0.717) is 37.7 Å². The summed E-state index contributed by atoms with van der Waals surface area (Å²) in [4.78, 5) is 28.5. The van der Waals surface area contributed by atoms with Crippen LogP contribution in [0.15, 0.2) is 18.2 Å². The SMILES string of the molecule is CC(C)(CNC(=O)CN1CCC(=O)Nc2cc(F)ccc21)N1CCOCC1. The number of nitrogens with zero attached hydrogens (tertiary/aromatic N) is 2. The van der Waals surface area contributed by atoms with Gasteiger partial charge in [-0.05, 0) is 32.0 Å². The fraction of sp³-hybridized carbons (Fsp3) is 0.579. The Kier molecular flexibility index (Phi) is 5.96. The van der Waals surface area contributed by atoms with Crippen molar-refractivity contribution in [3.8, 4) is 0 Å². The maximum atomic E-state index is 13.5. The van der Waals surface area contributed by atoms with Crippen molar-refractivity contribution in [3.05, 3.63) is 24.0 Å². The summed E-state index contributed by atoms with van der Waals surface area (Å²) in [5.74, 6) is -0.730. The van der Waals surface area contributed by atoms with E-state index < -0.39 is 5.82 Å². The fourth-order valence-corrected chi connectivity index (χ4v) is 3.44. The summed E-state index contributed by atoms with van der Waals surface area (Å²) in [7, 11) is 0. The fourth-order valence-electron chi connectivity index (χ4n) is 3.44. The van der Waals surface area contributed by atoms with Crippen LogP contribution < -0.4 is 15.5 Å². The van der Waals surface area contributed by atoms with Crippen LogP contribution in [-0.2, 0) is 14.3 Å². The minimum absolute atomic E-state index is 0.118. The van der Waals surface area contributed by atoms with Crippen LogP contribution in [0.1, 0.15) is 20.3 Å². The molecule has 0 spiro atoms. The maximum Gasteiger partial charge on any atom is 0.239 e. The monoisotopic (exact) mass is 378 g/mol. The topological polar surface area (TPSA) is 73.9 Å². The van der Waals surface area contributed by atoms with E-state index in [0.717, 1.165) is 13.1 Å². The molecular formula is C19H27FN4O3. The molecule has 2 amide bonds. The second-order valence-electron chi connectivity index (χ2n) is 7.57. The zero-order valence-electron chi connectivity index (χ0n) is 15.9. The van der Waals surface area contributed by atoms with Gasteiger partial charge >= 0.3 is 0 Å². The van der Waals surface area contributed by atoms with E-state index in [2.05, 4.69) is 29.4 Å². The molecule has 0 saturated carbocycles. The number of benzene rings is 1. The summed E-state index contributed by atoms with van der Waals surface area (Å²) < 4.78 is 18.9. The number of ether oxygens (including phenoxy) is 1. The van der Waals surface area contributed by atoms with Gasteiger partial charge in [-0.15, -0.1) is 0 Å². The molecule has 7 nitrogen and oxygen atoms in total. The molecule has 3 rings (SSSR count). The second-order valence-corrected chi connectivity index (χ2v) is 7.57. The largest absolute Gasteiger partial charge is 0.379 e. The van der Waals surface area contributed by atoms with E-state index in [1.54, 1.807) is 6.07 Å². The zero-order chi connectivity index (χ0) is 19.4. The van der Waals surface area contributed by atoms with Crippen LogP contribution in [0.3, 0.4) is 0 Å². The first kappa shape index (κ1) is 19.6. The normalized spacial score (nSPS) is 18.5. The lowest BCUT2D eigenvalue weighted by Gasteiger charge is -2.41. The molecule has 27 heavy (non-hydrogen) atoms. The lowest BCUT2D eigenvalue weighted by Crippen LogP contribution is -2.56. The Bertz CT molecular complexity index is 704. The summed E-state index contributed by atoms with van der Waals surface area (Å²) in [6.45, 7) is 8.36. The summed E-state index contributed by atoms with van der Waals surface area (Å²) in [6.07, 6.45) is 0.253. The Morgan fingerprint density at radius 1 is 1.30 bits per heavy atom. The molecule has 1 aromatic rings. The summed E-state index contributed by atoms with van der Waals surface area (Å²) in [5, 5.41) is 5.69. The van der Waals surface area contributed by atoms with Crippen molar-refractivity contribution in [1.82, 2.24) is 10.2 Å². The van der Waals surface area contributed by atoms with Crippen LogP contribution in [0.25, 0.3) is 0 Å². The molecule has 0 aliphatic carbocycles. The van der Waals surface area contributed by atoms with Crippen LogP contribution in [0.5, 0.6) is 0 Å². The molecular weight excluding hydrogens is 351 g/mol. The molecule has 0 aromatic heterocycles. The van der Waals surface area contributed by atoms with Crippen LogP contribution in [0.4, 0.5) is 15.8 Å². The standard InChI is InChI=1S/C19H27FN4O3/c1-19(2,24-7-9-27-10-8-24)13-21-18(26)12-23-6-5-17(25)22-15-11-14(20)3-4-16(15)23/h3-4,11H,5-10,12-13H2,1-2H3,(H,21,26)(H,22,25). The Hall–Kier alpha value is -2.19. The highest BCUT2D eigenvalue weighted by Gasteiger charge is 2.29. The van der Waals surface area contributed by atoms with Crippen LogP contribution in [-0.4, -0.2) is 68.2 Å². The number of halogens is 1. The number of morpholine rings is 1. The molecule has 2 aliphatic rings. The Labute approximate surface area is 158 Å². The van der Waals surface area contributed by atoms with Crippen molar-refractivity contribution in [2.75, 3.05) is 56.2 Å². The lowest BCUT2D eigenvalue weighted by molar-refractivity contribution is -0.121. The van der Waals surface area contributed by atoms with E-state index >= 15 is 0 Å². The molecule has 2 N–H and O–H groups in total. The third-order valence-corrected chi connectivity index (χ3v) is 5.10. The molecule has 1 fully saturated rings. The van der Waals surface area contributed by atoms with Crippen LogP contribution in [0.2, 0.25) is 0 Å². The number of hydrogen-bond acceptors (Lipinski definition) is 5. The molecule has 0 radical (unpaired) electrons. The van der Waals surface area contributed by atoms with Gasteiger partial charge in [-0.2, -0.15) is 0 Å². The van der Waals surface area contributed by atoms with Crippen molar-refractivity contribution in [3.63, 3.8) is 0 Å². The summed E-state index contributed by atoms with van der Waals surface area (Å²) in [5.41, 5.74) is 0.889. The molecule has 0 bridgehead atoms. The van der Waals surface area contributed by atoms with Gasteiger partial charge in [0.2, 0.25) is 11.8 Å². The Morgan fingerprint density at radius 2 is 2.04 bits per heavy atom. The third-order valence-electron chi connectivity index (χ3n) is 5.10. The van der Waals surface area contributed by atoms with Gasteiger partial charge in [0.1, 0.15) is 5.82 Å². The van der Waals surface area contributed by atoms with E-state index in [1.165, 1.54) is 12.1 Å². The summed E-state index contributed by atoms with van der Waals surface area (Å²) >= 11 is 0. The van der Waals surface area contributed by atoms with Gasteiger partial charge in [0, 0.05) is 38.1 Å². The number of amides is 2. The van der Waals surface area contributed by atoms with Crippen molar-refractivity contribution in [2.24, 2.45) is 0 Å². The third kappa shape index (κ3) is 4.95. The number of carbonyl (C=O) groups is 2. The van der Waals surface area contributed by atoms with E-state index in [4.69, 9.17) is 4.74 Å². The molecule has 2 heterocycles. The number of rotatable bonds is 5. The zero-order valence-corrected chi connectivity index (χ0v) is 15.9. The Morgan fingerprint density at radius 3 is 2.78 bits per heavy atom. The minimum Gasteiger partial charge on any atom is -0.379 e. The van der Waals surface area contributed by atoms with Gasteiger partial charge in [0.15, 0.2) is 0 Å². The number of nitrogens with one attached hydrogen (secondary N) is 2. The molecule has 148 valence electrons. The number of fused-ring (bicyclic) bond motifs is 1. The van der Waals surface area contributed by atoms with Gasteiger partial charge < -0.3 is 20.3 Å². The second kappa shape index (κ2) is 8.22. The average molecular weight is 378 g/mol. The highest BCUT2D eigenvalue weighted by atomic mass is 19.1. The molecule has 1 saturated heterocycles. The van der Waals surface area contributed by atoms with Crippen LogP contribution in [0, 0.1) is 5.82 Å². The van der Waals surface area contributed by atoms with E-state index in [1.807, 2.05) is 4.90 Å². The van der Waals surface area contributed by atoms with Gasteiger partial charge in [-0.25, -0.2) is 4.39 Å². The predicted molar refractivity (Wildman–Crippen MR) is 101 cm³/mol. The molecule has 0 atom stereocenters. The predicted octanol–water partition coefficient (Wildman–Crippen LogP) is 1.20. The summed E-state index contributed by atoms with van der Waals surface area (Å²) in [6, 6.07) is 4.22. The molecule has 1 aromatic carbocycles. The number of hydrogen-bond donors (Lipinski definition) is 2. The van der Waals surface area contributed by atoms with Gasteiger partial charge in [0.25, 0.3) is 0 Å². The van der Waals surface area contributed by atoms with Crippen molar-refractivity contribution in [2.45, 2.75) is 25.8 Å². The van der Waals surface area contributed by atoms with Crippen molar-refractivity contribution >= 4 is 23.2 Å². The highest BCUT2D eigenvalue weighted by molar-refractivity contribution is 5.97. The maximum absolute atomic E-state index is 13.5. The highest BCUT2D eigenvalue weighted by Crippen LogP contribution is 2.29. The van der Waals surface area contributed by atoms with Crippen molar-refractivity contribution in [1.29, 1.82) is 0 Å². The average Bonchev–Trinajstić information content (AvgIpc) is 2.79. The first-order valence-electron chi connectivity index (χ1n) is 9.29. The van der Waals surface area contributed by atoms with Gasteiger partial charge in [-0.1, -0.05) is 0 Å². The van der Waals surface area contributed by atoms with Crippen molar-refractivity contribution < 1.29 is 18.7 Å². The quantitative estimate of drug-likeness (QED) is 0.806.